The molecule has 0 atom stereocenters. The van der Waals surface area contributed by atoms with Crippen LogP contribution in [-0.4, -0.2) is 21.8 Å². The normalized spacial score (nSPS) is 14.6. The molecule has 0 saturated carbocycles. The minimum absolute atomic E-state index is 0.0148. The van der Waals surface area contributed by atoms with E-state index in [0.717, 1.165) is 6.08 Å². The van der Waals surface area contributed by atoms with E-state index >= 15 is 0 Å². The molecule has 88 valence electrons. The van der Waals surface area contributed by atoms with Crippen molar-refractivity contribution in [3.05, 3.63) is 27.8 Å². The SMILES string of the molecule is CC1=CC(=O)c2c(S)c(Cl)c(O)c(O)c2C1=O. The van der Waals surface area contributed by atoms with Crippen LogP contribution in [0.2, 0.25) is 5.02 Å². The van der Waals surface area contributed by atoms with Crippen molar-refractivity contribution in [3.63, 3.8) is 0 Å². The van der Waals surface area contributed by atoms with Gasteiger partial charge in [-0.15, -0.1) is 12.6 Å². The topological polar surface area (TPSA) is 74.6 Å². The van der Waals surface area contributed by atoms with Crippen LogP contribution in [0.15, 0.2) is 16.5 Å². The third-order valence-corrected chi connectivity index (χ3v) is 3.49. The number of thiol groups is 1. The first-order chi connectivity index (χ1) is 7.86. The number of aromatic hydroxyl groups is 2. The molecule has 1 aromatic carbocycles. The standard InChI is InChI=1S/C11H7ClO4S/c1-3-2-4(13)5-6(8(3)14)9(15)10(16)7(12)11(5)17/h2,15-17H,1H3. The molecule has 6 heteroatoms. The zero-order chi connectivity index (χ0) is 12.9. The summed E-state index contributed by atoms with van der Waals surface area (Å²) in [6.45, 7) is 1.45. The highest BCUT2D eigenvalue weighted by Crippen LogP contribution is 2.45. The second-order valence-corrected chi connectivity index (χ2v) is 4.46. The summed E-state index contributed by atoms with van der Waals surface area (Å²) in [5.74, 6) is -2.33. The third kappa shape index (κ3) is 1.54. The molecule has 0 saturated heterocycles. The zero-order valence-corrected chi connectivity index (χ0v) is 10.3. The summed E-state index contributed by atoms with van der Waals surface area (Å²) in [4.78, 5) is 23.6. The van der Waals surface area contributed by atoms with Gasteiger partial charge in [0.15, 0.2) is 23.1 Å². The molecule has 0 aromatic heterocycles. The predicted molar refractivity (Wildman–Crippen MR) is 64.5 cm³/mol. The number of rotatable bonds is 0. The number of hydrogen-bond donors (Lipinski definition) is 3. The summed E-state index contributed by atoms with van der Waals surface area (Å²) in [6.07, 6.45) is 1.15. The van der Waals surface area contributed by atoms with Gasteiger partial charge in [0, 0.05) is 10.5 Å². The number of allylic oxidation sites excluding steroid dienone is 2. The van der Waals surface area contributed by atoms with Crippen LogP contribution in [0.25, 0.3) is 0 Å². The van der Waals surface area contributed by atoms with E-state index in [1.165, 1.54) is 6.92 Å². The van der Waals surface area contributed by atoms with E-state index in [1.54, 1.807) is 0 Å². The summed E-state index contributed by atoms with van der Waals surface area (Å²) < 4.78 is 0. The first kappa shape index (κ1) is 12.0. The fraction of sp³-hybridized carbons (Fsp3) is 0.0909. The summed E-state index contributed by atoms with van der Waals surface area (Å²) in [6, 6.07) is 0. The van der Waals surface area contributed by atoms with Crippen LogP contribution in [0.5, 0.6) is 11.5 Å². The summed E-state index contributed by atoms with van der Waals surface area (Å²) in [7, 11) is 0. The van der Waals surface area contributed by atoms with Crippen molar-refractivity contribution in [3.8, 4) is 11.5 Å². The molecule has 2 rings (SSSR count). The van der Waals surface area contributed by atoms with Gasteiger partial charge < -0.3 is 10.2 Å². The van der Waals surface area contributed by atoms with Gasteiger partial charge in [-0.25, -0.2) is 0 Å². The van der Waals surface area contributed by atoms with Crippen molar-refractivity contribution in [2.75, 3.05) is 0 Å². The van der Waals surface area contributed by atoms with Crippen LogP contribution < -0.4 is 0 Å². The number of hydrogen-bond acceptors (Lipinski definition) is 5. The van der Waals surface area contributed by atoms with E-state index in [1.807, 2.05) is 0 Å². The monoisotopic (exact) mass is 270 g/mol. The fourth-order valence-corrected chi connectivity index (χ4v) is 2.19. The maximum absolute atomic E-state index is 11.8. The number of ketones is 2. The summed E-state index contributed by atoms with van der Waals surface area (Å²) in [5.41, 5.74) is -0.140. The Kier molecular flexibility index (Phi) is 2.67. The van der Waals surface area contributed by atoms with Gasteiger partial charge in [0.2, 0.25) is 0 Å². The Morgan fingerprint density at radius 1 is 1.18 bits per heavy atom. The molecule has 0 spiro atoms. The first-order valence-electron chi connectivity index (χ1n) is 4.60. The molecule has 0 bridgehead atoms. The highest BCUT2D eigenvalue weighted by atomic mass is 35.5. The summed E-state index contributed by atoms with van der Waals surface area (Å²) >= 11 is 9.69. The number of carbonyl (C=O) groups excluding carboxylic acids is 2. The average Bonchev–Trinajstić information content (AvgIpc) is 2.28. The number of Topliss-reactive ketones (excluding diaryl/α,β-unsaturated/α-hetero) is 1. The second kappa shape index (κ2) is 3.78. The van der Waals surface area contributed by atoms with Gasteiger partial charge in [0.05, 0.1) is 11.1 Å². The van der Waals surface area contributed by atoms with Gasteiger partial charge in [0.1, 0.15) is 5.02 Å². The van der Waals surface area contributed by atoms with Crippen molar-refractivity contribution in [2.24, 2.45) is 0 Å². The lowest BCUT2D eigenvalue weighted by atomic mass is 9.89. The molecule has 0 fully saturated rings. The Morgan fingerprint density at radius 3 is 2.35 bits per heavy atom. The lowest BCUT2D eigenvalue weighted by Crippen LogP contribution is -2.16. The number of phenolic OH excluding ortho intramolecular Hbond substituents is 2. The first-order valence-corrected chi connectivity index (χ1v) is 5.42. The van der Waals surface area contributed by atoms with Crippen molar-refractivity contribution in [1.82, 2.24) is 0 Å². The van der Waals surface area contributed by atoms with Crippen molar-refractivity contribution in [2.45, 2.75) is 11.8 Å². The Bertz CT molecular complexity index is 604. The maximum Gasteiger partial charge on any atom is 0.193 e. The van der Waals surface area contributed by atoms with E-state index in [4.69, 9.17) is 11.6 Å². The van der Waals surface area contributed by atoms with E-state index in [0.29, 0.717) is 0 Å². The van der Waals surface area contributed by atoms with Crippen LogP contribution >= 0.6 is 24.2 Å². The minimum Gasteiger partial charge on any atom is -0.504 e. The van der Waals surface area contributed by atoms with Crippen LogP contribution in [0.1, 0.15) is 27.6 Å². The Morgan fingerprint density at radius 2 is 1.76 bits per heavy atom. The second-order valence-electron chi connectivity index (χ2n) is 3.63. The molecule has 0 radical (unpaired) electrons. The lowest BCUT2D eigenvalue weighted by Gasteiger charge is -2.17. The molecule has 1 aromatic rings. The van der Waals surface area contributed by atoms with Crippen molar-refractivity contribution in [1.29, 1.82) is 0 Å². The van der Waals surface area contributed by atoms with Gasteiger partial charge in [-0.1, -0.05) is 11.6 Å². The van der Waals surface area contributed by atoms with Gasteiger partial charge in [-0.3, -0.25) is 9.59 Å². The summed E-state index contributed by atoms with van der Waals surface area (Å²) in [5, 5.41) is 19.0. The van der Waals surface area contributed by atoms with Gasteiger partial charge in [0.25, 0.3) is 0 Å². The molecule has 0 heterocycles. The molecule has 0 amide bonds. The average molecular weight is 271 g/mol. The van der Waals surface area contributed by atoms with Crippen LogP contribution in [0, 0.1) is 0 Å². The number of halogens is 1. The van der Waals surface area contributed by atoms with Crippen LogP contribution in [-0.2, 0) is 0 Å². The molecule has 17 heavy (non-hydrogen) atoms. The Labute approximate surface area is 107 Å². The Balaban J connectivity index is 2.93. The minimum atomic E-state index is -0.686. The van der Waals surface area contributed by atoms with Crippen molar-refractivity contribution >= 4 is 35.8 Å². The van der Waals surface area contributed by atoms with Crippen LogP contribution in [0.4, 0.5) is 0 Å². The Hall–Kier alpha value is -1.46. The van der Waals surface area contributed by atoms with Gasteiger partial charge in [-0.05, 0) is 13.0 Å². The van der Waals surface area contributed by atoms with Crippen molar-refractivity contribution < 1.29 is 19.8 Å². The van der Waals surface area contributed by atoms with E-state index < -0.39 is 23.1 Å². The molecular weight excluding hydrogens is 264 g/mol. The fourth-order valence-electron chi connectivity index (χ4n) is 1.67. The lowest BCUT2D eigenvalue weighted by molar-refractivity contribution is 0.0979. The van der Waals surface area contributed by atoms with E-state index in [9.17, 15) is 19.8 Å². The number of fused-ring (bicyclic) bond motifs is 1. The predicted octanol–water partition coefficient (Wildman–Crippen LogP) is 2.37. The number of benzene rings is 1. The quantitative estimate of drug-likeness (QED) is 0.500. The number of phenols is 2. The third-order valence-electron chi connectivity index (χ3n) is 2.54. The smallest absolute Gasteiger partial charge is 0.193 e. The zero-order valence-electron chi connectivity index (χ0n) is 8.61. The maximum atomic E-state index is 11.8. The van der Waals surface area contributed by atoms with Gasteiger partial charge in [-0.2, -0.15) is 0 Å². The molecule has 0 unspecified atom stereocenters. The molecule has 2 N–H and O–H groups in total. The largest absolute Gasteiger partial charge is 0.504 e. The molecule has 1 aliphatic rings. The van der Waals surface area contributed by atoms with E-state index in [-0.39, 0.29) is 26.6 Å². The highest BCUT2D eigenvalue weighted by molar-refractivity contribution is 7.80. The van der Waals surface area contributed by atoms with Gasteiger partial charge >= 0.3 is 0 Å². The van der Waals surface area contributed by atoms with E-state index in [2.05, 4.69) is 12.6 Å². The van der Waals surface area contributed by atoms with Crippen LogP contribution in [0.3, 0.4) is 0 Å². The highest BCUT2D eigenvalue weighted by Gasteiger charge is 2.32. The number of carbonyl (C=O) groups is 2. The molecule has 0 aliphatic heterocycles. The molecule has 4 nitrogen and oxygen atoms in total. The molecule has 1 aliphatic carbocycles. The molecular formula is C11H7ClO4S.